The second-order valence-electron chi connectivity index (χ2n) is 3.87. The molecule has 1 heterocycles. The molecule has 6 nitrogen and oxygen atoms in total. The summed E-state index contributed by atoms with van der Waals surface area (Å²) in [4.78, 5) is 3.55. The number of hydrazine groups is 1. The molecular formula is C11H9BrF2N4O2S. The van der Waals surface area contributed by atoms with Gasteiger partial charge in [-0.15, -0.1) is 0 Å². The van der Waals surface area contributed by atoms with E-state index in [2.05, 4.69) is 26.3 Å². The molecule has 0 aliphatic carbocycles. The van der Waals surface area contributed by atoms with Gasteiger partial charge in [-0.25, -0.2) is 28.0 Å². The lowest BCUT2D eigenvalue weighted by Gasteiger charge is -2.10. The first-order chi connectivity index (χ1) is 9.83. The van der Waals surface area contributed by atoms with E-state index in [-0.39, 0.29) is 15.2 Å². The van der Waals surface area contributed by atoms with Crippen LogP contribution in [-0.2, 0) is 10.0 Å². The zero-order chi connectivity index (χ0) is 15.6. The minimum Gasteiger partial charge on any atom is -0.308 e. The summed E-state index contributed by atoms with van der Waals surface area (Å²) in [5.41, 5.74) is 1.68. The van der Waals surface area contributed by atoms with Gasteiger partial charge in [-0.1, -0.05) is 0 Å². The van der Waals surface area contributed by atoms with E-state index >= 15 is 0 Å². The number of anilines is 2. The van der Waals surface area contributed by atoms with Crippen LogP contribution in [0.3, 0.4) is 0 Å². The zero-order valence-corrected chi connectivity index (χ0v) is 12.7. The van der Waals surface area contributed by atoms with Crippen molar-refractivity contribution in [2.24, 2.45) is 5.84 Å². The number of hydrogen-bond acceptors (Lipinski definition) is 5. The van der Waals surface area contributed by atoms with Gasteiger partial charge < -0.3 is 5.43 Å². The van der Waals surface area contributed by atoms with Gasteiger partial charge in [0.05, 0.1) is 15.1 Å². The van der Waals surface area contributed by atoms with E-state index in [1.165, 1.54) is 12.3 Å². The largest absolute Gasteiger partial charge is 0.308 e. The Morgan fingerprint density at radius 3 is 2.57 bits per heavy atom. The second-order valence-corrected chi connectivity index (χ2v) is 6.41. The smallest absolute Gasteiger partial charge is 0.262 e. The predicted molar refractivity (Wildman–Crippen MR) is 76.9 cm³/mol. The quantitative estimate of drug-likeness (QED) is 0.430. The number of nitrogens with two attached hydrogens (primary N) is 1. The standard InChI is InChI=1S/C11H9BrF2N4O2S/c12-7-4-9(14)10(5-8(7)13)18-21(19,20)6-1-2-16-11(3-6)17-15/h1-5,18H,15H2,(H,16,17). The lowest BCUT2D eigenvalue weighted by molar-refractivity contribution is 0.591. The van der Waals surface area contributed by atoms with Crippen molar-refractivity contribution in [2.45, 2.75) is 4.90 Å². The summed E-state index contributed by atoms with van der Waals surface area (Å²) in [6.07, 6.45) is 1.21. The summed E-state index contributed by atoms with van der Waals surface area (Å²) < 4.78 is 53.1. The number of aromatic nitrogens is 1. The molecule has 0 radical (unpaired) electrons. The third-order valence-corrected chi connectivity index (χ3v) is 4.41. The van der Waals surface area contributed by atoms with Gasteiger partial charge in [0.2, 0.25) is 0 Å². The molecule has 1 aromatic carbocycles. The van der Waals surface area contributed by atoms with Crippen LogP contribution in [0.25, 0.3) is 0 Å². The van der Waals surface area contributed by atoms with E-state index in [4.69, 9.17) is 5.84 Å². The molecule has 0 spiro atoms. The maximum atomic E-state index is 13.7. The summed E-state index contributed by atoms with van der Waals surface area (Å²) in [6, 6.07) is 3.90. The van der Waals surface area contributed by atoms with Crippen LogP contribution in [0.5, 0.6) is 0 Å². The van der Waals surface area contributed by atoms with E-state index in [0.717, 1.165) is 18.2 Å². The highest BCUT2D eigenvalue weighted by molar-refractivity contribution is 9.10. The molecule has 0 aliphatic heterocycles. The maximum absolute atomic E-state index is 13.7. The SMILES string of the molecule is NNc1cc(S(=O)(=O)Nc2cc(F)c(Br)cc2F)ccn1. The van der Waals surface area contributed by atoms with Gasteiger partial charge in [-0.3, -0.25) is 4.72 Å². The number of pyridine rings is 1. The van der Waals surface area contributed by atoms with Crippen LogP contribution < -0.4 is 16.0 Å². The minimum atomic E-state index is -4.11. The Bertz CT molecular complexity index is 786. The normalized spacial score (nSPS) is 11.2. The number of rotatable bonds is 4. The van der Waals surface area contributed by atoms with Crippen LogP contribution in [0, 0.1) is 11.6 Å². The van der Waals surface area contributed by atoms with Crippen LogP contribution in [0.2, 0.25) is 0 Å². The van der Waals surface area contributed by atoms with Gasteiger partial charge in [0, 0.05) is 18.3 Å². The highest BCUT2D eigenvalue weighted by atomic mass is 79.9. The van der Waals surface area contributed by atoms with Crippen LogP contribution in [0.1, 0.15) is 0 Å². The third-order valence-electron chi connectivity index (χ3n) is 2.44. The Kier molecular flexibility index (Phi) is 4.40. The van der Waals surface area contributed by atoms with Gasteiger partial charge in [-0.2, -0.15) is 0 Å². The topological polar surface area (TPSA) is 97.1 Å². The Morgan fingerprint density at radius 1 is 1.19 bits per heavy atom. The first-order valence-electron chi connectivity index (χ1n) is 5.43. The summed E-state index contributed by atoms with van der Waals surface area (Å²) in [5, 5.41) is 0. The van der Waals surface area contributed by atoms with Crippen molar-refractivity contribution in [1.82, 2.24) is 4.98 Å². The molecule has 2 aromatic rings. The van der Waals surface area contributed by atoms with E-state index in [0.29, 0.717) is 0 Å². The summed E-state index contributed by atoms with van der Waals surface area (Å²) in [6.45, 7) is 0. The van der Waals surface area contributed by atoms with Crippen molar-refractivity contribution in [1.29, 1.82) is 0 Å². The van der Waals surface area contributed by atoms with Gasteiger partial charge >= 0.3 is 0 Å². The lowest BCUT2D eigenvalue weighted by atomic mass is 10.3. The molecule has 0 atom stereocenters. The van der Waals surface area contributed by atoms with Crippen molar-refractivity contribution < 1.29 is 17.2 Å². The molecule has 2 rings (SSSR count). The fourth-order valence-corrected chi connectivity index (χ4v) is 2.85. The van der Waals surface area contributed by atoms with E-state index < -0.39 is 27.3 Å². The summed E-state index contributed by atoms with van der Waals surface area (Å²) in [5.74, 6) is 3.53. The molecule has 112 valence electrons. The van der Waals surface area contributed by atoms with Gasteiger partial charge in [0.15, 0.2) is 0 Å². The van der Waals surface area contributed by atoms with Crippen molar-refractivity contribution in [3.8, 4) is 0 Å². The number of sulfonamides is 1. The zero-order valence-electron chi connectivity index (χ0n) is 10.3. The molecule has 0 bridgehead atoms. The van der Waals surface area contributed by atoms with Gasteiger partial charge in [-0.05, 0) is 28.1 Å². The molecule has 10 heteroatoms. The Morgan fingerprint density at radius 2 is 1.90 bits per heavy atom. The highest BCUT2D eigenvalue weighted by Crippen LogP contribution is 2.25. The van der Waals surface area contributed by atoms with E-state index in [1.54, 1.807) is 0 Å². The molecule has 0 aliphatic rings. The number of nitrogen functional groups attached to an aromatic ring is 1. The summed E-state index contributed by atoms with van der Waals surface area (Å²) in [7, 11) is -4.11. The first-order valence-corrected chi connectivity index (χ1v) is 7.71. The van der Waals surface area contributed by atoms with Crippen molar-refractivity contribution >= 4 is 37.5 Å². The van der Waals surface area contributed by atoms with Gasteiger partial charge in [0.25, 0.3) is 10.0 Å². The van der Waals surface area contributed by atoms with Crippen molar-refractivity contribution in [3.63, 3.8) is 0 Å². The molecule has 0 saturated heterocycles. The number of nitrogens with zero attached hydrogens (tertiary/aromatic N) is 1. The number of nitrogens with one attached hydrogen (secondary N) is 2. The van der Waals surface area contributed by atoms with Crippen molar-refractivity contribution in [2.75, 3.05) is 10.1 Å². The average molecular weight is 379 g/mol. The fraction of sp³-hybridized carbons (Fsp3) is 0. The number of halogens is 3. The predicted octanol–water partition coefficient (Wildman–Crippen LogP) is 2.21. The van der Waals surface area contributed by atoms with Crippen LogP contribution in [-0.4, -0.2) is 13.4 Å². The molecule has 21 heavy (non-hydrogen) atoms. The molecule has 4 N–H and O–H groups in total. The molecule has 0 amide bonds. The third kappa shape index (κ3) is 3.46. The van der Waals surface area contributed by atoms with Gasteiger partial charge in [0.1, 0.15) is 17.5 Å². The highest BCUT2D eigenvalue weighted by Gasteiger charge is 2.18. The second kappa shape index (κ2) is 5.92. The lowest BCUT2D eigenvalue weighted by Crippen LogP contribution is -2.16. The van der Waals surface area contributed by atoms with Crippen LogP contribution in [0.4, 0.5) is 20.3 Å². The monoisotopic (exact) mass is 378 g/mol. The average Bonchev–Trinajstić information content (AvgIpc) is 2.44. The maximum Gasteiger partial charge on any atom is 0.262 e. The van der Waals surface area contributed by atoms with Crippen molar-refractivity contribution in [3.05, 3.63) is 46.6 Å². The van der Waals surface area contributed by atoms with Crippen LogP contribution in [0.15, 0.2) is 39.8 Å². The molecule has 0 saturated carbocycles. The Hall–Kier alpha value is -1.78. The summed E-state index contributed by atoms with van der Waals surface area (Å²) >= 11 is 2.80. The molecule has 0 fully saturated rings. The Balaban J connectivity index is 2.39. The minimum absolute atomic E-state index is 0.110. The molecule has 0 unspecified atom stereocenters. The van der Waals surface area contributed by atoms with Crippen LogP contribution >= 0.6 is 15.9 Å². The molecule has 1 aromatic heterocycles. The van der Waals surface area contributed by atoms with E-state index in [1.807, 2.05) is 4.72 Å². The number of benzene rings is 1. The molecular weight excluding hydrogens is 370 g/mol. The number of hydrogen-bond donors (Lipinski definition) is 3. The fourth-order valence-electron chi connectivity index (χ4n) is 1.46. The Labute approximate surface area is 127 Å². The van der Waals surface area contributed by atoms with E-state index in [9.17, 15) is 17.2 Å². The first kappa shape index (κ1) is 15.6.